The fraction of sp³-hybridized carbons (Fsp3) is 0.625. The summed E-state index contributed by atoms with van der Waals surface area (Å²) in [5, 5.41) is 3.64. The maximum atomic E-state index is 3.64. The van der Waals surface area contributed by atoms with Gasteiger partial charge in [0.15, 0.2) is 0 Å². The highest BCUT2D eigenvalue weighted by Gasteiger charge is 2.19. The number of aryl methyl sites for hydroxylation is 2. The van der Waals surface area contributed by atoms with Crippen molar-refractivity contribution in [2.75, 3.05) is 5.32 Å². The number of benzene rings is 1. The van der Waals surface area contributed by atoms with E-state index in [1.165, 1.54) is 42.5 Å². The molecule has 1 aromatic rings. The van der Waals surface area contributed by atoms with Crippen LogP contribution in [0.3, 0.4) is 0 Å². The molecule has 1 heteroatoms. The Balaban J connectivity index is 1.92. The maximum Gasteiger partial charge on any atom is 0.0345 e. The first-order valence-electron chi connectivity index (χ1n) is 7.05. The van der Waals surface area contributed by atoms with Gasteiger partial charge in [-0.3, -0.25) is 0 Å². The molecule has 94 valence electrons. The number of hydrogen-bond donors (Lipinski definition) is 1. The summed E-state index contributed by atoms with van der Waals surface area (Å²) >= 11 is 0. The average Bonchev–Trinajstić information content (AvgIpc) is 2.26. The lowest BCUT2D eigenvalue weighted by molar-refractivity contribution is 0.286. The molecule has 1 aliphatic carbocycles. The van der Waals surface area contributed by atoms with Crippen molar-refractivity contribution in [3.05, 3.63) is 29.3 Å². The predicted octanol–water partition coefficient (Wildman–Crippen LogP) is 4.55. The summed E-state index contributed by atoms with van der Waals surface area (Å²) in [6.45, 7) is 6.73. The Morgan fingerprint density at radius 1 is 1.35 bits per heavy atom. The number of hydrogen-bond acceptors (Lipinski definition) is 1. The molecule has 1 atom stereocenters. The zero-order valence-electron chi connectivity index (χ0n) is 11.4. The van der Waals surface area contributed by atoms with Gasteiger partial charge in [0.2, 0.25) is 0 Å². The third kappa shape index (κ3) is 3.24. The van der Waals surface area contributed by atoms with Gasteiger partial charge in [0.25, 0.3) is 0 Å². The summed E-state index contributed by atoms with van der Waals surface area (Å²) in [7, 11) is 0. The van der Waals surface area contributed by atoms with Crippen LogP contribution < -0.4 is 5.32 Å². The van der Waals surface area contributed by atoms with E-state index in [9.17, 15) is 0 Å². The smallest absolute Gasteiger partial charge is 0.0345 e. The molecule has 2 rings (SSSR count). The average molecular weight is 231 g/mol. The quantitative estimate of drug-likeness (QED) is 0.784. The van der Waals surface area contributed by atoms with Crippen molar-refractivity contribution in [2.45, 2.75) is 58.9 Å². The third-order valence-corrected chi connectivity index (χ3v) is 4.05. The fourth-order valence-corrected chi connectivity index (χ4v) is 2.71. The number of nitrogens with one attached hydrogen (secondary N) is 1. The lowest BCUT2D eigenvalue weighted by atomic mass is 9.81. The van der Waals surface area contributed by atoms with E-state index in [2.05, 4.69) is 44.3 Å². The molecule has 1 aromatic carbocycles. The van der Waals surface area contributed by atoms with Crippen LogP contribution in [0.5, 0.6) is 0 Å². The highest BCUT2D eigenvalue weighted by atomic mass is 14.9. The van der Waals surface area contributed by atoms with E-state index in [4.69, 9.17) is 0 Å². The van der Waals surface area contributed by atoms with E-state index in [0.717, 1.165) is 12.3 Å². The lowest BCUT2D eigenvalue weighted by Gasteiger charge is -2.29. The summed E-state index contributed by atoms with van der Waals surface area (Å²) in [5.41, 5.74) is 4.16. The van der Waals surface area contributed by atoms with Crippen LogP contribution in [0.25, 0.3) is 0 Å². The molecule has 1 N–H and O–H groups in total. The largest absolute Gasteiger partial charge is 0.383 e. The second-order valence-corrected chi connectivity index (χ2v) is 5.57. The summed E-state index contributed by atoms with van der Waals surface area (Å²) in [4.78, 5) is 0. The molecular weight excluding hydrogens is 206 g/mol. The third-order valence-electron chi connectivity index (χ3n) is 4.05. The first kappa shape index (κ1) is 12.5. The van der Waals surface area contributed by atoms with Crippen molar-refractivity contribution in [3.8, 4) is 0 Å². The molecule has 1 saturated carbocycles. The predicted molar refractivity (Wildman–Crippen MR) is 75.6 cm³/mol. The van der Waals surface area contributed by atoms with Crippen molar-refractivity contribution >= 4 is 5.69 Å². The van der Waals surface area contributed by atoms with Gasteiger partial charge in [-0.05, 0) is 55.9 Å². The van der Waals surface area contributed by atoms with Crippen LogP contribution in [-0.2, 0) is 6.42 Å². The normalized spacial score (nSPS) is 17.6. The summed E-state index contributed by atoms with van der Waals surface area (Å²) in [5.74, 6) is 0.980. The van der Waals surface area contributed by atoms with Crippen LogP contribution in [0.4, 0.5) is 5.69 Å². The van der Waals surface area contributed by atoms with Crippen LogP contribution >= 0.6 is 0 Å². The molecular formula is C16H25N. The van der Waals surface area contributed by atoms with Crippen molar-refractivity contribution < 1.29 is 0 Å². The topological polar surface area (TPSA) is 12.0 Å². The second-order valence-electron chi connectivity index (χ2n) is 5.57. The molecule has 0 radical (unpaired) electrons. The Bertz CT molecular complexity index is 366. The SMILES string of the molecule is CCc1cc(NC(C)CC2CCC2)ccc1C. The Morgan fingerprint density at radius 3 is 2.71 bits per heavy atom. The molecule has 1 nitrogen and oxygen atoms in total. The van der Waals surface area contributed by atoms with Crippen LogP contribution in [0.15, 0.2) is 18.2 Å². The van der Waals surface area contributed by atoms with Gasteiger partial charge in [-0.15, -0.1) is 0 Å². The molecule has 1 unspecified atom stereocenters. The van der Waals surface area contributed by atoms with Gasteiger partial charge in [0.05, 0.1) is 0 Å². The first-order valence-corrected chi connectivity index (χ1v) is 7.05. The molecule has 0 amide bonds. The van der Waals surface area contributed by atoms with E-state index in [0.29, 0.717) is 6.04 Å². The summed E-state index contributed by atoms with van der Waals surface area (Å²) in [6.07, 6.45) is 6.79. The highest BCUT2D eigenvalue weighted by molar-refractivity contribution is 5.49. The Hall–Kier alpha value is -0.980. The highest BCUT2D eigenvalue weighted by Crippen LogP contribution is 2.31. The zero-order chi connectivity index (χ0) is 12.3. The zero-order valence-corrected chi connectivity index (χ0v) is 11.4. The van der Waals surface area contributed by atoms with Crippen LogP contribution in [0, 0.1) is 12.8 Å². The van der Waals surface area contributed by atoms with Crippen LogP contribution in [-0.4, -0.2) is 6.04 Å². The molecule has 1 fully saturated rings. The van der Waals surface area contributed by atoms with Gasteiger partial charge in [-0.1, -0.05) is 32.3 Å². The Labute approximate surface area is 106 Å². The molecule has 0 bridgehead atoms. The second kappa shape index (κ2) is 5.57. The summed E-state index contributed by atoms with van der Waals surface area (Å²) in [6, 6.07) is 7.36. The first-order chi connectivity index (χ1) is 8.19. The molecule has 0 saturated heterocycles. The molecule has 0 heterocycles. The molecule has 0 aromatic heterocycles. The van der Waals surface area contributed by atoms with Gasteiger partial charge in [0, 0.05) is 11.7 Å². The Morgan fingerprint density at radius 2 is 2.12 bits per heavy atom. The van der Waals surface area contributed by atoms with Gasteiger partial charge in [0.1, 0.15) is 0 Å². The standard InChI is InChI=1S/C16H25N/c1-4-15-11-16(9-8-12(15)2)17-13(3)10-14-6-5-7-14/h8-9,11,13-14,17H,4-7,10H2,1-3H3. The molecule has 1 aliphatic rings. The number of anilines is 1. The van der Waals surface area contributed by atoms with Crippen molar-refractivity contribution in [1.82, 2.24) is 0 Å². The molecule has 0 spiro atoms. The van der Waals surface area contributed by atoms with Gasteiger partial charge in [-0.25, -0.2) is 0 Å². The van der Waals surface area contributed by atoms with E-state index < -0.39 is 0 Å². The van der Waals surface area contributed by atoms with Crippen molar-refractivity contribution in [2.24, 2.45) is 5.92 Å². The van der Waals surface area contributed by atoms with Crippen LogP contribution in [0.2, 0.25) is 0 Å². The van der Waals surface area contributed by atoms with E-state index >= 15 is 0 Å². The van der Waals surface area contributed by atoms with E-state index in [1.54, 1.807) is 0 Å². The minimum absolute atomic E-state index is 0.604. The molecule has 17 heavy (non-hydrogen) atoms. The number of rotatable bonds is 5. The Kier molecular flexibility index (Phi) is 4.09. The monoisotopic (exact) mass is 231 g/mol. The van der Waals surface area contributed by atoms with Crippen LogP contribution in [0.1, 0.15) is 50.7 Å². The minimum Gasteiger partial charge on any atom is -0.383 e. The van der Waals surface area contributed by atoms with Crippen molar-refractivity contribution in [1.29, 1.82) is 0 Å². The lowest BCUT2D eigenvalue weighted by Crippen LogP contribution is -2.23. The van der Waals surface area contributed by atoms with Gasteiger partial charge < -0.3 is 5.32 Å². The van der Waals surface area contributed by atoms with Crippen molar-refractivity contribution in [3.63, 3.8) is 0 Å². The fourth-order valence-electron chi connectivity index (χ4n) is 2.71. The summed E-state index contributed by atoms with van der Waals surface area (Å²) < 4.78 is 0. The van der Waals surface area contributed by atoms with E-state index in [-0.39, 0.29) is 0 Å². The van der Waals surface area contributed by atoms with Gasteiger partial charge >= 0.3 is 0 Å². The maximum absolute atomic E-state index is 3.64. The molecule has 0 aliphatic heterocycles. The van der Waals surface area contributed by atoms with E-state index in [1.807, 2.05) is 0 Å². The van der Waals surface area contributed by atoms with Gasteiger partial charge in [-0.2, -0.15) is 0 Å². The minimum atomic E-state index is 0.604.